The fourth-order valence-electron chi connectivity index (χ4n) is 2.31. The summed E-state index contributed by atoms with van der Waals surface area (Å²) in [5, 5.41) is 15.8. The van der Waals surface area contributed by atoms with E-state index in [2.05, 4.69) is 10.2 Å². The Morgan fingerprint density at radius 2 is 2.33 bits per heavy atom. The number of rotatable bonds is 3. The molecule has 1 unspecified atom stereocenters. The van der Waals surface area contributed by atoms with E-state index in [1.165, 1.54) is 4.90 Å². The number of carboxylic acids is 1. The molecule has 18 heavy (non-hydrogen) atoms. The number of amides is 1. The highest BCUT2D eigenvalue weighted by molar-refractivity contribution is 5.85. The molecule has 1 aliphatic rings. The summed E-state index contributed by atoms with van der Waals surface area (Å²) in [5.41, 5.74) is 1.68. The van der Waals surface area contributed by atoms with Gasteiger partial charge in [-0.25, -0.2) is 4.79 Å². The molecule has 1 aromatic heterocycles. The second-order valence-electron chi connectivity index (χ2n) is 4.63. The van der Waals surface area contributed by atoms with Crippen LogP contribution in [0.2, 0.25) is 0 Å². The van der Waals surface area contributed by atoms with E-state index < -0.39 is 12.0 Å². The number of carbonyl (C=O) groups is 2. The lowest BCUT2D eigenvalue weighted by Gasteiger charge is -2.33. The normalized spacial score (nSPS) is 19.8. The zero-order valence-electron chi connectivity index (χ0n) is 10.3. The maximum Gasteiger partial charge on any atom is 0.326 e. The molecule has 2 N–H and O–H groups in total. The highest BCUT2D eigenvalue weighted by Gasteiger charge is 2.31. The van der Waals surface area contributed by atoms with Gasteiger partial charge >= 0.3 is 5.97 Å². The van der Waals surface area contributed by atoms with Gasteiger partial charge < -0.3 is 10.0 Å². The Balaban J connectivity index is 2.07. The van der Waals surface area contributed by atoms with Gasteiger partial charge in [0.1, 0.15) is 6.04 Å². The van der Waals surface area contributed by atoms with Gasteiger partial charge in [-0.3, -0.25) is 9.89 Å². The average Bonchev–Trinajstić information content (AvgIpc) is 2.75. The largest absolute Gasteiger partial charge is 0.480 e. The van der Waals surface area contributed by atoms with Crippen LogP contribution in [-0.4, -0.2) is 44.7 Å². The van der Waals surface area contributed by atoms with Crippen molar-refractivity contribution in [3.05, 3.63) is 17.5 Å². The lowest BCUT2D eigenvalue weighted by molar-refractivity contribution is -0.151. The smallest absolute Gasteiger partial charge is 0.326 e. The van der Waals surface area contributed by atoms with Crippen LogP contribution in [0, 0.1) is 6.92 Å². The number of hydrogen-bond acceptors (Lipinski definition) is 3. The van der Waals surface area contributed by atoms with Crippen LogP contribution in [0.3, 0.4) is 0 Å². The highest BCUT2D eigenvalue weighted by atomic mass is 16.4. The zero-order valence-corrected chi connectivity index (χ0v) is 10.3. The summed E-state index contributed by atoms with van der Waals surface area (Å²) in [6, 6.07) is -0.668. The second-order valence-corrected chi connectivity index (χ2v) is 4.63. The maximum atomic E-state index is 12.2. The molecule has 1 saturated heterocycles. The van der Waals surface area contributed by atoms with Gasteiger partial charge in [0.2, 0.25) is 5.91 Å². The van der Waals surface area contributed by atoms with Crippen LogP contribution >= 0.6 is 0 Å². The third-order valence-electron chi connectivity index (χ3n) is 3.38. The first-order valence-electron chi connectivity index (χ1n) is 6.10. The van der Waals surface area contributed by atoms with Crippen LogP contribution < -0.4 is 0 Å². The third kappa shape index (κ3) is 2.52. The van der Waals surface area contributed by atoms with Crippen molar-refractivity contribution >= 4 is 11.9 Å². The van der Waals surface area contributed by atoms with Crippen molar-refractivity contribution in [2.45, 2.75) is 38.6 Å². The number of likely N-dealkylation sites (tertiary alicyclic amines) is 1. The molecular formula is C12H17N3O3. The summed E-state index contributed by atoms with van der Waals surface area (Å²) >= 11 is 0. The number of piperidine rings is 1. The molecule has 0 spiro atoms. The lowest BCUT2D eigenvalue weighted by atomic mass is 10.0. The Morgan fingerprint density at radius 1 is 1.56 bits per heavy atom. The van der Waals surface area contributed by atoms with Crippen LogP contribution in [-0.2, 0) is 16.0 Å². The summed E-state index contributed by atoms with van der Waals surface area (Å²) in [7, 11) is 0. The number of H-pyrrole nitrogens is 1. The van der Waals surface area contributed by atoms with E-state index in [9.17, 15) is 9.59 Å². The van der Waals surface area contributed by atoms with Crippen LogP contribution in [0.1, 0.15) is 30.5 Å². The van der Waals surface area contributed by atoms with E-state index in [1.54, 1.807) is 6.20 Å². The summed E-state index contributed by atoms with van der Waals surface area (Å²) in [4.78, 5) is 24.8. The van der Waals surface area contributed by atoms with Crippen molar-refractivity contribution < 1.29 is 14.7 Å². The molecule has 2 rings (SSSR count). The second kappa shape index (κ2) is 5.20. The molecule has 0 saturated carbocycles. The third-order valence-corrected chi connectivity index (χ3v) is 3.38. The van der Waals surface area contributed by atoms with E-state index in [0.717, 1.165) is 24.1 Å². The van der Waals surface area contributed by atoms with Gasteiger partial charge in [0.25, 0.3) is 0 Å². The molecule has 1 fully saturated rings. The van der Waals surface area contributed by atoms with Gasteiger partial charge in [-0.2, -0.15) is 5.10 Å². The molecule has 1 aromatic rings. The Morgan fingerprint density at radius 3 is 2.94 bits per heavy atom. The van der Waals surface area contributed by atoms with Crippen molar-refractivity contribution in [2.24, 2.45) is 0 Å². The monoisotopic (exact) mass is 251 g/mol. The Bertz CT molecular complexity index is 455. The molecule has 0 bridgehead atoms. The summed E-state index contributed by atoms with van der Waals surface area (Å²) in [6.07, 6.45) is 4.12. The Labute approximate surface area is 105 Å². The van der Waals surface area contributed by atoms with E-state index >= 15 is 0 Å². The first kappa shape index (κ1) is 12.6. The number of hydrogen-bond donors (Lipinski definition) is 2. The summed E-state index contributed by atoms with van der Waals surface area (Å²) < 4.78 is 0. The zero-order chi connectivity index (χ0) is 13.1. The van der Waals surface area contributed by atoms with Crippen molar-refractivity contribution in [3.63, 3.8) is 0 Å². The van der Waals surface area contributed by atoms with E-state index in [-0.39, 0.29) is 12.3 Å². The molecular weight excluding hydrogens is 234 g/mol. The lowest BCUT2D eigenvalue weighted by Crippen LogP contribution is -2.48. The predicted octanol–water partition coefficient (Wildman–Crippen LogP) is 0.726. The van der Waals surface area contributed by atoms with E-state index in [0.29, 0.717) is 13.0 Å². The number of aryl methyl sites for hydroxylation is 1. The topological polar surface area (TPSA) is 86.3 Å². The molecule has 2 heterocycles. The molecule has 0 aromatic carbocycles. The first-order valence-corrected chi connectivity index (χ1v) is 6.10. The molecule has 0 radical (unpaired) electrons. The van der Waals surface area contributed by atoms with Gasteiger partial charge in [-0.1, -0.05) is 0 Å². The molecule has 1 aliphatic heterocycles. The predicted molar refractivity (Wildman–Crippen MR) is 64.0 cm³/mol. The minimum absolute atomic E-state index is 0.133. The van der Waals surface area contributed by atoms with Crippen LogP contribution in [0.15, 0.2) is 6.20 Å². The van der Waals surface area contributed by atoms with Crippen molar-refractivity contribution in [1.82, 2.24) is 15.1 Å². The molecule has 1 atom stereocenters. The van der Waals surface area contributed by atoms with E-state index in [1.807, 2.05) is 6.92 Å². The summed E-state index contributed by atoms with van der Waals surface area (Å²) in [6.45, 7) is 2.38. The van der Waals surface area contributed by atoms with Crippen molar-refractivity contribution in [2.75, 3.05) is 6.54 Å². The number of aromatic amines is 1. The minimum atomic E-state index is -0.910. The standard InChI is InChI=1S/C12H17N3O3/c1-8-9(7-13-14-8)6-11(16)15-5-3-2-4-10(15)12(17)18/h7,10H,2-6H2,1H3,(H,13,14)(H,17,18). The highest BCUT2D eigenvalue weighted by Crippen LogP contribution is 2.19. The fraction of sp³-hybridized carbons (Fsp3) is 0.583. The van der Waals surface area contributed by atoms with Gasteiger partial charge in [0.15, 0.2) is 0 Å². The van der Waals surface area contributed by atoms with Crippen molar-refractivity contribution in [1.29, 1.82) is 0 Å². The van der Waals surface area contributed by atoms with Gasteiger partial charge in [-0.15, -0.1) is 0 Å². The fourth-order valence-corrected chi connectivity index (χ4v) is 2.31. The van der Waals surface area contributed by atoms with Gasteiger partial charge in [0.05, 0.1) is 12.6 Å². The number of carbonyl (C=O) groups excluding carboxylic acids is 1. The number of carboxylic acid groups (broad SMARTS) is 1. The Kier molecular flexibility index (Phi) is 3.64. The number of nitrogens with one attached hydrogen (secondary N) is 1. The van der Waals surface area contributed by atoms with Crippen LogP contribution in [0.5, 0.6) is 0 Å². The SMILES string of the molecule is Cc1[nH]ncc1CC(=O)N1CCCCC1C(=O)O. The average molecular weight is 251 g/mol. The van der Waals surface area contributed by atoms with Crippen LogP contribution in [0.25, 0.3) is 0 Å². The Hall–Kier alpha value is -1.85. The van der Waals surface area contributed by atoms with Crippen molar-refractivity contribution in [3.8, 4) is 0 Å². The molecule has 6 heteroatoms. The number of aromatic nitrogens is 2. The number of aliphatic carboxylic acids is 1. The van der Waals surface area contributed by atoms with Gasteiger partial charge in [0, 0.05) is 17.8 Å². The van der Waals surface area contributed by atoms with E-state index in [4.69, 9.17) is 5.11 Å². The van der Waals surface area contributed by atoms with Gasteiger partial charge in [-0.05, 0) is 26.2 Å². The molecule has 6 nitrogen and oxygen atoms in total. The summed E-state index contributed by atoms with van der Waals surface area (Å²) in [5.74, 6) is -1.04. The quantitative estimate of drug-likeness (QED) is 0.829. The van der Waals surface area contributed by atoms with Crippen LogP contribution in [0.4, 0.5) is 0 Å². The first-order chi connectivity index (χ1) is 8.59. The number of nitrogens with zero attached hydrogens (tertiary/aromatic N) is 2. The minimum Gasteiger partial charge on any atom is -0.480 e. The molecule has 0 aliphatic carbocycles. The maximum absolute atomic E-state index is 12.2. The molecule has 1 amide bonds. The molecule has 98 valence electrons.